The van der Waals surface area contributed by atoms with E-state index >= 15 is 0 Å². The van der Waals surface area contributed by atoms with Crippen LogP contribution in [0.25, 0.3) is 11.3 Å². The van der Waals surface area contributed by atoms with Gasteiger partial charge in [-0.1, -0.05) is 42.3 Å². The number of nitrogens with zero attached hydrogens (tertiary/aromatic N) is 1. The van der Waals surface area contributed by atoms with Crippen LogP contribution in [-0.4, -0.2) is 87.9 Å². The number of ether oxygens (including phenoxy) is 1. The molecule has 2 aromatic carbocycles. The molecule has 1 saturated heterocycles. The second-order valence-electron chi connectivity index (χ2n) is 15.8. The number of alkyl halides is 3. The fourth-order valence-corrected chi connectivity index (χ4v) is 9.04. The summed E-state index contributed by atoms with van der Waals surface area (Å²) in [5, 5.41) is 44.1. The lowest BCUT2D eigenvalue weighted by Gasteiger charge is -2.46. The van der Waals surface area contributed by atoms with Crippen molar-refractivity contribution in [3.8, 4) is 11.3 Å². The van der Waals surface area contributed by atoms with Crippen LogP contribution in [0.4, 0.5) is 13.2 Å². The lowest BCUT2D eigenvalue weighted by molar-refractivity contribution is -0.137. The van der Waals surface area contributed by atoms with Crippen LogP contribution in [0, 0.1) is 5.41 Å². The molecular formula is C42H51ClF3NO7. The number of hydrogen-bond acceptors (Lipinski definition) is 8. The Morgan fingerprint density at radius 1 is 1.09 bits per heavy atom. The van der Waals surface area contributed by atoms with E-state index in [0.717, 1.165) is 42.2 Å². The van der Waals surface area contributed by atoms with Gasteiger partial charge < -0.3 is 29.6 Å². The Kier molecular flexibility index (Phi) is 12.5. The zero-order valence-corrected chi connectivity index (χ0v) is 31.6. The first-order valence-corrected chi connectivity index (χ1v) is 19.3. The van der Waals surface area contributed by atoms with Crippen molar-refractivity contribution in [2.24, 2.45) is 5.41 Å². The Bertz CT molecular complexity index is 1820. The highest BCUT2D eigenvalue weighted by molar-refractivity contribution is 6.33. The number of furan rings is 1. The van der Waals surface area contributed by atoms with Gasteiger partial charge in [-0.05, 0) is 118 Å². The average molecular weight is 774 g/mol. The zero-order chi connectivity index (χ0) is 38.8. The summed E-state index contributed by atoms with van der Waals surface area (Å²) in [4.78, 5) is 16.5. The molecular weight excluding hydrogens is 723 g/mol. The van der Waals surface area contributed by atoms with Gasteiger partial charge in [-0.3, -0.25) is 9.69 Å². The molecule has 1 saturated carbocycles. The molecule has 0 spiro atoms. The molecule has 4 aliphatic rings. The third-order valence-corrected chi connectivity index (χ3v) is 12.3. The highest BCUT2D eigenvalue weighted by atomic mass is 35.5. The number of fused-ring (bicyclic) bond motifs is 8. The van der Waals surface area contributed by atoms with E-state index in [1.165, 1.54) is 12.1 Å². The predicted molar refractivity (Wildman–Crippen MR) is 200 cm³/mol. The molecule has 2 heterocycles. The quantitative estimate of drug-likeness (QED) is 0.122. The van der Waals surface area contributed by atoms with Crippen molar-refractivity contribution in [2.45, 2.75) is 108 Å². The fourth-order valence-electron chi connectivity index (χ4n) is 8.83. The van der Waals surface area contributed by atoms with Crippen LogP contribution in [0.3, 0.4) is 0 Å². The topological polar surface area (TPSA) is 124 Å². The highest BCUT2D eigenvalue weighted by Crippen LogP contribution is 2.59. The van der Waals surface area contributed by atoms with Crippen LogP contribution in [0.2, 0.25) is 5.02 Å². The molecule has 1 aliphatic heterocycles. The molecule has 12 heteroatoms. The van der Waals surface area contributed by atoms with E-state index in [4.69, 9.17) is 20.8 Å². The minimum atomic E-state index is -4.60. The zero-order valence-electron chi connectivity index (χ0n) is 30.9. The molecule has 4 N–H and O–H groups in total. The Hall–Kier alpha value is -3.03. The SMILES string of the molecule is CC1=CCC[C@@]2(C)[C@@H](CC[C@@]2(O)CN(C[C@H](O)CO)C[C@H]2CCCO2)c2ccc(cc2C(=O)c2ccc(-c3cc(C(F)(F)F)ccc3Cl)o2)C[C@@H](O)CC1. The number of allylic oxidation sites excluding steroid dienone is 2. The number of aliphatic hydroxyl groups excluding tert-OH is 3. The second kappa shape index (κ2) is 16.6. The molecule has 294 valence electrons. The smallest absolute Gasteiger partial charge is 0.416 e. The largest absolute Gasteiger partial charge is 0.453 e. The molecule has 8 nitrogen and oxygen atoms in total. The highest BCUT2D eigenvalue weighted by Gasteiger charge is 2.57. The van der Waals surface area contributed by atoms with Crippen LogP contribution < -0.4 is 0 Å². The van der Waals surface area contributed by atoms with E-state index in [1.807, 2.05) is 24.0 Å². The molecule has 2 fully saturated rings. The van der Waals surface area contributed by atoms with Crippen LogP contribution in [0.15, 0.2) is 64.6 Å². The monoisotopic (exact) mass is 773 g/mol. The van der Waals surface area contributed by atoms with Gasteiger partial charge in [0.2, 0.25) is 5.78 Å². The van der Waals surface area contributed by atoms with E-state index in [-0.39, 0.29) is 47.2 Å². The Morgan fingerprint density at radius 3 is 2.61 bits per heavy atom. The minimum absolute atomic E-state index is 0.00718. The minimum Gasteiger partial charge on any atom is -0.453 e. The van der Waals surface area contributed by atoms with Gasteiger partial charge in [-0.15, -0.1) is 0 Å². The Balaban J connectivity index is 1.40. The first kappa shape index (κ1) is 40.6. The van der Waals surface area contributed by atoms with Crippen molar-refractivity contribution in [3.05, 3.63) is 93.2 Å². The lowest BCUT2D eigenvalue weighted by Crippen LogP contribution is -2.55. The maximum Gasteiger partial charge on any atom is 0.416 e. The number of carbonyl (C=O) groups is 1. The van der Waals surface area contributed by atoms with Gasteiger partial charge in [0.1, 0.15) is 5.76 Å². The molecule has 54 heavy (non-hydrogen) atoms. The molecule has 0 unspecified atom stereocenters. The number of rotatable bonds is 10. The summed E-state index contributed by atoms with van der Waals surface area (Å²) in [5.74, 6) is -0.824. The van der Waals surface area contributed by atoms with E-state index in [0.29, 0.717) is 69.2 Å². The molecule has 0 amide bonds. The Morgan fingerprint density at radius 2 is 1.89 bits per heavy atom. The molecule has 0 radical (unpaired) electrons. The lowest BCUT2D eigenvalue weighted by atomic mass is 9.64. The van der Waals surface area contributed by atoms with Crippen LogP contribution in [0.5, 0.6) is 0 Å². The van der Waals surface area contributed by atoms with Gasteiger partial charge in [0.05, 0.1) is 41.1 Å². The number of carbonyl (C=O) groups excluding carboxylic acids is 1. The number of aliphatic hydroxyl groups is 4. The van der Waals surface area contributed by atoms with E-state index < -0.39 is 47.4 Å². The maximum absolute atomic E-state index is 14.5. The van der Waals surface area contributed by atoms with Gasteiger partial charge in [-0.25, -0.2) is 0 Å². The van der Waals surface area contributed by atoms with Crippen LogP contribution >= 0.6 is 11.6 Å². The number of halogens is 4. The second-order valence-corrected chi connectivity index (χ2v) is 16.2. The first-order chi connectivity index (χ1) is 25.6. The standard InChI is InChI=1S/C42H51ClF3NO7/c1-26-5-3-16-40(2)35(15-17-41(40,52)25-47(22-30(50)24-48)23-31-6-4-18-53-31)32-11-8-27(19-29(49)10-7-26)20-33(32)39(51)38-14-13-37(54-38)34-21-28(42(44,45)46)9-12-36(34)43/h5,8-9,11-14,20-21,29-31,35,48-50,52H,3-4,6-7,10,15-19,22-25H2,1-2H3/t29-,30-,31+,35-,40-,41+/m0/s1. The molecule has 3 aliphatic carbocycles. The third kappa shape index (κ3) is 8.83. The molecule has 6 atom stereocenters. The average Bonchev–Trinajstić information content (AvgIpc) is 3.87. The van der Waals surface area contributed by atoms with E-state index in [2.05, 4.69) is 13.0 Å². The molecule has 7 rings (SSSR count). The Labute approximate surface area is 319 Å². The molecule has 1 aromatic heterocycles. The van der Waals surface area contributed by atoms with E-state index in [1.54, 1.807) is 6.07 Å². The summed E-state index contributed by atoms with van der Waals surface area (Å²) in [5.41, 5.74) is 0.0477. The summed E-state index contributed by atoms with van der Waals surface area (Å²) in [6.07, 6.45) is 1.42. The van der Waals surface area contributed by atoms with Crippen molar-refractivity contribution in [2.75, 3.05) is 32.8 Å². The summed E-state index contributed by atoms with van der Waals surface area (Å²) in [6, 6.07) is 11.4. The van der Waals surface area contributed by atoms with Gasteiger partial charge in [-0.2, -0.15) is 13.2 Å². The van der Waals surface area contributed by atoms with Crippen molar-refractivity contribution < 1.29 is 47.5 Å². The number of hydrogen-bond donors (Lipinski definition) is 4. The molecule has 3 aromatic rings. The van der Waals surface area contributed by atoms with Gasteiger partial charge >= 0.3 is 6.18 Å². The number of ketones is 1. The van der Waals surface area contributed by atoms with Crippen LogP contribution in [0.1, 0.15) is 104 Å². The van der Waals surface area contributed by atoms with Gasteiger partial charge in [0, 0.05) is 42.8 Å². The molecule has 2 bridgehead atoms. The maximum atomic E-state index is 14.5. The summed E-state index contributed by atoms with van der Waals surface area (Å²) >= 11 is 6.31. The predicted octanol–water partition coefficient (Wildman–Crippen LogP) is 7.72. The summed E-state index contributed by atoms with van der Waals surface area (Å²) in [7, 11) is 0. The summed E-state index contributed by atoms with van der Waals surface area (Å²) < 4.78 is 52.6. The van der Waals surface area contributed by atoms with Gasteiger partial charge in [0.25, 0.3) is 0 Å². The van der Waals surface area contributed by atoms with Crippen molar-refractivity contribution >= 4 is 17.4 Å². The van der Waals surface area contributed by atoms with Crippen LogP contribution in [-0.2, 0) is 17.3 Å². The van der Waals surface area contributed by atoms with Crippen molar-refractivity contribution in [3.63, 3.8) is 0 Å². The van der Waals surface area contributed by atoms with Crippen molar-refractivity contribution in [1.82, 2.24) is 4.90 Å². The first-order valence-electron chi connectivity index (χ1n) is 18.9. The third-order valence-electron chi connectivity index (χ3n) is 12.0. The summed E-state index contributed by atoms with van der Waals surface area (Å²) in [6.45, 7) is 5.25. The van der Waals surface area contributed by atoms with Gasteiger partial charge in [0.15, 0.2) is 5.76 Å². The normalized spacial score (nSPS) is 27.2. The van der Waals surface area contributed by atoms with Crippen molar-refractivity contribution in [1.29, 1.82) is 0 Å². The fraction of sp³-hybridized carbons (Fsp3) is 0.548. The number of benzene rings is 2. The van der Waals surface area contributed by atoms with E-state index in [9.17, 15) is 38.4 Å².